The molecule has 152 valence electrons. The largest absolute Gasteiger partial charge is 0.444 e. The molecule has 1 saturated heterocycles. The zero-order chi connectivity index (χ0) is 20.5. The zero-order valence-corrected chi connectivity index (χ0v) is 16.9. The standard InChI is InChI=1S/C21H28FN3O3/c1-21(2,3)28-20(27)24(4)12-14-6-5-9-25(13-14)19(26)18-11-15-10-16(22)7-8-17(15)23-18/h7-8,10-11,14,23H,5-6,9,12-13H2,1-4H3. The van der Waals surface area contributed by atoms with Crippen LogP contribution in [0.1, 0.15) is 44.1 Å². The summed E-state index contributed by atoms with van der Waals surface area (Å²) < 4.78 is 18.8. The Morgan fingerprint density at radius 3 is 2.79 bits per heavy atom. The van der Waals surface area contributed by atoms with Gasteiger partial charge in [-0.1, -0.05) is 0 Å². The van der Waals surface area contributed by atoms with E-state index in [1.54, 1.807) is 29.0 Å². The summed E-state index contributed by atoms with van der Waals surface area (Å²) in [6, 6.07) is 6.11. The number of fused-ring (bicyclic) bond motifs is 1. The van der Waals surface area contributed by atoms with Crippen molar-refractivity contribution >= 4 is 22.9 Å². The van der Waals surface area contributed by atoms with Crippen molar-refractivity contribution < 1.29 is 18.7 Å². The lowest BCUT2D eigenvalue weighted by atomic mass is 9.97. The Bertz CT molecular complexity index is 871. The summed E-state index contributed by atoms with van der Waals surface area (Å²) in [5.74, 6) is -0.230. The third-order valence-electron chi connectivity index (χ3n) is 4.86. The Labute approximate surface area is 164 Å². The predicted octanol–water partition coefficient (Wildman–Crippen LogP) is 4.03. The van der Waals surface area contributed by atoms with Gasteiger partial charge in [-0.05, 0) is 63.8 Å². The van der Waals surface area contributed by atoms with E-state index in [-0.39, 0.29) is 23.7 Å². The molecule has 3 rings (SSSR count). The number of carbonyl (C=O) groups excluding carboxylic acids is 2. The number of likely N-dealkylation sites (tertiary alicyclic amines) is 1. The first-order chi connectivity index (χ1) is 13.1. The third-order valence-corrected chi connectivity index (χ3v) is 4.86. The number of nitrogens with zero attached hydrogens (tertiary/aromatic N) is 2. The molecular weight excluding hydrogens is 361 g/mol. The quantitative estimate of drug-likeness (QED) is 0.862. The van der Waals surface area contributed by atoms with Gasteiger partial charge in [-0.25, -0.2) is 9.18 Å². The molecule has 6 nitrogen and oxygen atoms in total. The van der Waals surface area contributed by atoms with Gasteiger partial charge in [-0.2, -0.15) is 0 Å². The molecule has 2 aromatic rings. The minimum absolute atomic E-state index is 0.0961. The van der Waals surface area contributed by atoms with Crippen LogP contribution in [0.5, 0.6) is 0 Å². The van der Waals surface area contributed by atoms with Gasteiger partial charge in [-0.15, -0.1) is 0 Å². The number of benzene rings is 1. The van der Waals surface area contributed by atoms with Crippen molar-refractivity contribution in [2.75, 3.05) is 26.7 Å². The fourth-order valence-electron chi connectivity index (χ4n) is 3.59. The van der Waals surface area contributed by atoms with Gasteiger partial charge in [0.2, 0.25) is 0 Å². The van der Waals surface area contributed by atoms with Crippen molar-refractivity contribution in [3.8, 4) is 0 Å². The lowest BCUT2D eigenvalue weighted by molar-refractivity contribution is 0.0244. The molecule has 0 aliphatic carbocycles. The molecule has 1 aliphatic rings. The van der Waals surface area contributed by atoms with Crippen LogP contribution in [0.25, 0.3) is 10.9 Å². The van der Waals surface area contributed by atoms with Crippen LogP contribution in [0.3, 0.4) is 0 Å². The lowest BCUT2D eigenvalue weighted by Gasteiger charge is -2.35. The van der Waals surface area contributed by atoms with Gasteiger partial charge in [0, 0.05) is 37.6 Å². The molecular formula is C21H28FN3O3. The average molecular weight is 389 g/mol. The Morgan fingerprint density at radius 2 is 2.07 bits per heavy atom. The normalized spacial score (nSPS) is 17.6. The smallest absolute Gasteiger partial charge is 0.410 e. The van der Waals surface area contributed by atoms with Crippen molar-refractivity contribution in [1.29, 1.82) is 0 Å². The molecule has 1 aromatic carbocycles. The number of hydrogen-bond donors (Lipinski definition) is 1. The van der Waals surface area contributed by atoms with Gasteiger partial charge in [0.1, 0.15) is 17.1 Å². The number of amides is 2. The Hall–Kier alpha value is -2.57. The first-order valence-electron chi connectivity index (χ1n) is 9.64. The van der Waals surface area contributed by atoms with E-state index >= 15 is 0 Å². The Kier molecular flexibility index (Phi) is 5.63. The first kappa shape index (κ1) is 20.2. The molecule has 1 unspecified atom stereocenters. The minimum atomic E-state index is -0.533. The number of H-pyrrole nitrogens is 1. The lowest BCUT2D eigenvalue weighted by Crippen LogP contribution is -2.45. The first-order valence-corrected chi connectivity index (χ1v) is 9.64. The van der Waals surface area contributed by atoms with E-state index in [1.807, 2.05) is 20.8 Å². The van der Waals surface area contributed by atoms with Crippen LogP contribution in [0.2, 0.25) is 0 Å². The number of carbonyl (C=O) groups is 2. The minimum Gasteiger partial charge on any atom is -0.444 e. The van der Waals surface area contributed by atoms with Gasteiger partial charge in [0.05, 0.1) is 0 Å². The molecule has 2 heterocycles. The van der Waals surface area contributed by atoms with E-state index in [0.717, 1.165) is 18.4 Å². The molecule has 1 aromatic heterocycles. The summed E-state index contributed by atoms with van der Waals surface area (Å²) in [6.45, 7) is 7.31. The van der Waals surface area contributed by atoms with E-state index in [2.05, 4.69) is 4.98 Å². The number of rotatable bonds is 3. The molecule has 1 aliphatic heterocycles. The van der Waals surface area contributed by atoms with Crippen molar-refractivity contribution in [2.45, 2.75) is 39.2 Å². The molecule has 7 heteroatoms. The van der Waals surface area contributed by atoms with E-state index in [0.29, 0.717) is 30.7 Å². The number of ether oxygens (including phenoxy) is 1. The van der Waals surface area contributed by atoms with Crippen LogP contribution >= 0.6 is 0 Å². The van der Waals surface area contributed by atoms with Gasteiger partial charge < -0.3 is 19.5 Å². The third kappa shape index (κ3) is 4.82. The van der Waals surface area contributed by atoms with Gasteiger partial charge >= 0.3 is 6.09 Å². The number of piperidine rings is 1. The molecule has 28 heavy (non-hydrogen) atoms. The van der Waals surface area contributed by atoms with Crippen molar-refractivity contribution in [1.82, 2.24) is 14.8 Å². The highest BCUT2D eigenvalue weighted by Gasteiger charge is 2.28. The van der Waals surface area contributed by atoms with E-state index in [9.17, 15) is 14.0 Å². The summed E-state index contributed by atoms with van der Waals surface area (Å²) in [6.07, 6.45) is 1.48. The van der Waals surface area contributed by atoms with Crippen LogP contribution in [-0.2, 0) is 4.74 Å². The second-order valence-electron chi connectivity index (χ2n) is 8.53. The Balaban J connectivity index is 1.63. The highest BCUT2D eigenvalue weighted by molar-refractivity contribution is 5.98. The van der Waals surface area contributed by atoms with Gasteiger partial charge in [-0.3, -0.25) is 4.79 Å². The van der Waals surface area contributed by atoms with Gasteiger partial charge in [0.15, 0.2) is 0 Å². The topological polar surface area (TPSA) is 65.6 Å². The summed E-state index contributed by atoms with van der Waals surface area (Å²) in [7, 11) is 1.72. The maximum Gasteiger partial charge on any atom is 0.410 e. The number of aromatic amines is 1. The molecule has 1 N–H and O–H groups in total. The number of aromatic nitrogens is 1. The van der Waals surface area contributed by atoms with Crippen LogP contribution in [0.4, 0.5) is 9.18 Å². The van der Waals surface area contributed by atoms with Crippen LogP contribution < -0.4 is 0 Å². The van der Waals surface area contributed by atoms with E-state index < -0.39 is 5.60 Å². The van der Waals surface area contributed by atoms with Gasteiger partial charge in [0.25, 0.3) is 5.91 Å². The monoisotopic (exact) mass is 389 g/mol. The molecule has 1 fully saturated rings. The molecule has 1 atom stereocenters. The van der Waals surface area contributed by atoms with Crippen LogP contribution in [-0.4, -0.2) is 59.1 Å². The maximum absolute atomic E-state index is 13.4. The van der Waals surface area contributed by atoms with Crippen LogP contribution in [0.15, 0.2) is 24.3 Å². The highest BCUT2D eigenvalue weighted by Crippen LogP contribution is 2.22. The average Bonchev–Trinajstić information content (AvgIpc) is 3.03. The fraction of sp³-hybridized carbons (Fsp3) is 0.524. The molecule has 0 bridgehead atoms. The van der Waals surface area contributed by atoms with Crippen molar-refractivity contribution in [3.05, 3.63) is 35.8 Å². The molecule has 0 radical (unpaired) electrons. The highest BCUT2D eigenvalue weighted by atomic mass is 19.1. The van der Waals surface area contributed by atoms with Crippen molar-refractivity contribution in [2.24, 2.45) is 5.92 Å². The van der Waals surface area contributed by atoms with Crippen molar-refractivity contribution in [3.63, 3.8) is 0 Å². The maximum atomic E-state index is 13.4. The van der Waals surface area contributed by atoms with Crippen LogP contribution in [0, 0.1) is 11.7 Å². The summed E-state index contributed by atoms with van der Waals surface area (Å²) >= 11 is 0. The molecule has 0 spiro atoms. The fourth-order valence-corrected chi connectivity index (χ4v) is 3.59. The summed E-state index contributed by atoms with van der Waals surface area (Å²) in [4.78, 5) is 31.5. The summed E-state index contributed by atoms with van der Waals surface area (Å²) in [5.41, 5.74) is 0.666. The summed E-state index contributed by atoms with van der Waals surface area (Å²) in [5, 5.41) is 0.682. The molecule has 0 saturated carbocycles. The number of nitrogens with one attached hydrogen (secondary N) is 1. The van der Waals surface area contributed by atoms with E-state index in [4.69, 9.17) is 4.74 Å². The zero-order valence-electron chi connectivity index (χ0n) is 16.9. The Morgan fingerprint density at radius 1 is 1.32 bits per heavy atom. The number of hydrogen-bond acceptors (Lipinski definition) is 3. The number of halogens is 1. The second kappa shape index (κ2) is 7.81. The van der Waals surface area contributed by atoms with E-state index in [1.165, 1.54) is 12.1 Å². The SMILES string of the molecule is CN(CC1CCCN(C(=O)c2cc3cc(F)ccc3[nH]2)C1)C(=O)OC(C)(C)C. The molecule has 2 amide bonds. The predicted molar refractivity (Wildman–Crippen MR) is 106 cm³/mol. The second-order valence-corrected chi connectivity index (χ2v) is 8.53.